The molecule has 4 heteroatoms. The van der Waals surface area contributed by atoms with E-state index >= 15 is 0 Å². The summed E-state index contributed by atoms with van der Waals surface area (Å²) in [6.07, 6.45) is 2.45. The molecule has 88 valence electrons. The zero-order valence-electron chi connectivity index (χ0n) is 9.81. The Kier molecular flexibility index (Phi) is 2.67. The molecule has 1 aliphatic heterocycles. The molecule has 1 fully saturated rings. The van der Waals surface area contributed by atoms with Gasteiger partial charge in [-0.25, -0.2) is 4.98 Å². The van der Waals surface area contributed by atoms with Crippen LogP contribution in [-0.2, 0) is 4.75 Å². The first-order valence-corrected chi connectivity index (χ1v) is 6.89. The van der Waals surface area contributed by atoms with Crippen molar-refractivity contribution in [3.05, 3.63) is 36.2 Å². The molecule has 1 N–H and O–H groups in total. The standard InChI is InChI=1S/C13H15N3S/c1-13(8-5-9-17-13)12-14-11(15-16-12)10-6-3-2-4-7-10/h2-4,6-7H,5,8-9H2,1H3,(H,14,15,16). The van der Waals surface area contributed by atoms with Gasteiger partial charge in [-0.2, -0.15) is 5.10 Å². The third kappa shape index (κ3) is 1.97. The van der Waals surface area contributed by atoms with Crippen LogP contribution in [0, 0.1) is 0 Å². The van der Waals surface area contributed by atoms with Crippen molar-refractivity contribution in [2.75, 3.05) is 5.75 Å². The van der Waals surface area contributed by atoms with Crippen molar-refractivity contribution in [1.82, 2.24) is 15.2 Å². The molecule has 3 rings (SSSR count). The fourth-order valence-corrected chi connectivity index (χ4v) is 3.44. The zero-order valence-corrected chi connectivity index (χ0v) is 10.6. The first-order valence-electron chi connectivity index (χ1n) is 5.90. The number of rotatable bonds is 2. The van der Waals surface area contributed by atoms with Crippen LogP contribution in [0.1, 0.15) is 25.6 Å². The van der Waals surface area contributed by atoms with Crippen molar-refractivity contribution in [2.45, 2.75) is 24.5 Å². The number of nitrogens with zero attached hydrogens (tertiary/aromatic N) is 2. The van der Waals surface area contributed by atoms with Crippen molar-refractivity contribution in [2.24, 2.45) is 0 Å². The summed E-state index contributed by atoms with van der Waals surface area (Å²) in [6.45, 7) is 2.25. The van der Waals surface area contributed by atoms with Gasteiger partial charge in [0.15, 0.2) is 5.82 Å². The summed E-state index contributed by atoms with van der Waals surface area (Å²) in [5.41, 5.74) is 1.07. The highest BCUT2D eigenvalue weighted by Gasteiger charge is 2.34. The van der Waals surface area contributed by atoms with Crippen LogP contribution >= 0.6 is 11.8 Å². The van der Waals surface area contributed by atoms with Crippen molar-refractivity contribution in [3.8, 4) is 11.4 Å². The highest BCUT2D eigenvalue weighted by molar-refractivity contribution is 8.00. The molecule has 1 atom stereocenters. The number of hydrogen-bond acceptors (Lipinski definition) is 3. The zero-order chi connectivity index (χ0) is 11.7. The lowest BCUT2D eigenvalue weighted by atomic mass is 10.1. The number of thioether (sulfide) groups is 1. The molecule has 0 amide bonds. The van der Waals surface area contributed by atoms with E-state index in [-0.39, 0.29) is 4.75 Å². The number of benzene rings is 1. The van der Waals surface area contributed by atoms with E-state index < -0.39 is 0 Å². The minimum atomic E-state index is 0.125. The van der Waals surface area contributed by atoms with E-state index in [1.807, 2.05) is 42.1 Å². The Hall–Kier alpha value is -1.29. The lowest BCUT2D eigenvalue weighted by Gasteiger charge is -2.18. The SMILES string of the molecule is CC1(c2nc(-c3ccccc3)n[nH]2)CCCS1. The van der Waals surface area contributed by atoms with Crippen LogP contribution in [0.3, 0.4) is 0 Å². The van der Waals surface area contributed by atoms with Crippen LogP contribution in [0.5, 0.6) is 0 Å². The van der Waals surface area contributed by atoms with E-state index in [4.69, 9.17) is 0 Å². The maximum absolute atomic E-state index is 4.65. The molecule has 0 aliphatic carbocycles. The molecule has 1 aliphatic rings. The van der Waals surface area contributed by atoms with Gasteiger partial charge in [0.1, 0.15) is 5.82 Å². The molecule has 2 aromatic rings. The molecule has 1 unspecified atom stereocenters. The van der Waals surface area contributed by atoms with Crippen molar-refractivity contribution in [1.29, 1.82) is 0 Å². The Morgan fingerprint density at radius 1 is 1.29 bits per heavy atom. The van der Waals surface area contributed by atoms with Gasteiger partial charge >= 0.3 is 0 Å². The van der Waals surface area contributed by atoms with E-state index in [9.17, 15) is 0 Å². The first kappa shape index (κ1) is 10.8. The van der Waals surface area contributed by atoms with Crippen LogP contribution in [-0.4, -0.2) is 20.9 Å². The van der Waals surface area contributed by atoms with Gasteiger partial charge in [0.25, 0.3) is 0 Å². The Morgan fingerprint density at radius 3 is 2.82 bits per heavy atom. The monoisotopic (exact) mass is 245 g/mol. The lowest BCUT2D eigenvalue weighted by molar-refractivity contribution is 0.607. The summed E-state index contributed by atoms with van der Waals surface area (Å²) >= 11 is 1.97. The molecule has 2 heterocycles. The number of aromatic nitrogens is 3. The molecule has 1 aromatic heterocycles. The fourth-order valence-electron chi connectivity index (χ4n) is 2.18. The molecule has 1 aromatic carbocycles. The van der Waals surface area contributed by atoms with Gasteiger partial charge in [0.05, 0.1) is 4.75 Å². The second-order valence-electron chi connectivity index (χ2n) is 4.56. The molecule has 0 bridgehead atoms. The van der Waals surface area contributed by atoms with E-state index in [1.165, 1.54) is 18.6 Å². The Labute approximate surface area is 105 Å². The van der Waals surface area contributed by atoms with Crippen LogP contribution < -0.4 is 0 Å². The highest BCUT2D eigenvalue weighted by atomic mass is 32.2. The van der Waals surface area contributed by atoms with Crippen molar-refractivity contribution >= 4 is 11.8 Å². The Bertz CT molecular complexity index is 500. The average Bonchev–Trinajstić information content (AvgIpc) is 2.99. The molecular weight excluding hydrogens is 230 g/mol. The van der Waals surface area contributed by atoms with Gasteiger partial charge < -0.3 is 0 Å². The van der Waals surface area contributed by atoms with Gasteiger partial charge in [-0.3, -0.25) is 5.10 Å². The summed E-state index contributed by atoms with van der Waals surface area (Å²) in [6, 6.07) is 10.1. The van der Waals surface area contributed by atoms with Gasteiger partial charge in [0.2, 0.25) is 0 Å². The summed E-state index contributed by atoms with van der Waals surface area (Å²) in [5, 5.41) is 7.43. The topological polar surface area (TPSA) is 41.6 Å². The smallest absolute Gasteiger partial charge is 0.181 e. The van der Waals surface area contributed by atoms with Crippen molar-refractivity contribution in [3.63, 3.8) is 0 Å². The predicted molar refractivity (Wildman–Crippen MR) is 70.9 cm³/mol. The number of aromatic amines is 1. The van der Waals surface area contributed by atoms with E-state index in [2.05, 4.69) is 22.1 Å². The van der Waals surface area contributed by atoms with Crippen LogP contribution in [0.4, 0.5) is 0 Å². The summed E-state index contributed by atoms with van der Waals surface area (Å²) < 4.78 is 0.125. The Balaban J connectivity index is 1.93. The molecule has 3 nitrogen and oxygen atoms in total. The van der Waals surface area contributed by atoms with Gasteiger partial charge in [0, 0.05) is 5.56 Å². The van der Waals surface area contributed by atoms with E-state index in [0.29, 0.717) is 0 Å². The predicted octanol–water partition coefficient (Wildman–Crippen LogP) is 3.21. The second-order valence-corrected chi connectivity index (χ2v) is 6.15. The molecule has 17 heavy (non-hydrogen) atoms. The minimum absolute atomic E-state index is 0.125. The fraction of sp³-hybridized carbons (Fsp3) is 0.385. The highest BCUT2D eigenvalue weighted by Crippen LogP contribution is 2.44. The normalized spacial score (nSPS) is 24.1. The average molecular weight is 245 g/mol. The molecule has 0 radical (unpaired) electrons. The summed E-state index contributed by atoms with van der Waals surface area (Å²) in [4.78, 5) is 4.65. The van der Waals surface area contributed by atoms with Crippen molar-refractivity contribution < 1.29 is 0 Å². The van der Waals surface area contributed by atoms with Crippen LogP contribution in [0.25, 0.3) is 11.4 Å². The number of H-pyrrole nitrogens is 1. The van der Waals surface area contributed by atoms with Gasteiger partial charge in [-0.1, -0.05) is 30.3 Å². The molecule has 1 saturated heterocycles. The molecule has 0 spiro atoms. The second kappa shape index (κ2) is 4.18. The van der Waals surface area contributed by atoms with Crippen LogP contribution in [0.2, 0.25) is 0 Å². The quantitative estimate of drug-likeness (QED) is 0.883. The summed E-state index contributed by atoms with van der Waals surface area (Å²) in [7, 11) is 0. The maximum Gasteiger partial charge on any atom is 0.181 e. The van der Waals surface area contributed by atoms with Gasteiger partial charge in [-0.05, 0) is 25.5 Å². The molecular formula is C13H15N3S. The van der Waals surface area contributed by atoms with E-state index in [0.717, 1.165) is 17.2 Å². The third-order valence-electron chi connectivity index (χ3n) is 3.24. The Morgan fingerprint density at radius 2 is 2.12 bits per heavy atom. The molecule has 0 saturated carbocycles. The minimum Gasteiger partial charge on any atom is -0.262 e. The number of nitrogens with one attached hydrogen (secondary N) is 1. The third-order valence-corrected chi connectivity index (χ3v) is 4.76. The summed E-state index contributed by atoms with van der Waals surface area (Å²) in [5.74, 6) is 3.03. The van der Waals surface area contributed by atoms with Gasteiger partial charge in [-0.15, -0.1) is 11.8 Å². The van der Waals surface area contributed by atoms with E-state index in [1.54, 1.807) is 0 Å². The largest absolute Gasteiger partial charge is 0.262 e. The maximum atomic E-state index is 4.65. The number of hydrogen-bond donors (Lipinski definition) is 1. The first-order chi connectivity index (χ1) is 8.28. The van der Waals surface area contributed by atoms with Crippen LogP contribution in [0.15, 0.2) is 30.3 Å². The lowest BCUT2D eigenvalue weighted by Crippen LogP contribution is -2.14.